The molecule has 0 aromatic heterocycles. The molecule has 0 N–H and O–H groups in total. The van der Waals surface area contributed by atoms with Crippen molar-refractivity contribution in [1.29, 1.82) is 0 Å². The van der Waals surface area contributed by atoms with E-state index in [1.807, 2.05) is 47.0 Å². The Morgan fingerprint density at radius 3 is 2.48 bits per heavy atom. The third kappa shape index (κ3) is 4.39. The first kappa shape index (κ1) is 18.6. The van der Waals surface area contributed by atoms with Crippen LogP contribution in [0.3, 0.4) is 0 Å². The number of benzene rings is 1. The molecule has 1 aromatic rings. The Labute approximate surface area is 167 Å². The number of morpholine rings is 1. The van der Waals surface area contributed by atoms with Crippen molar-refractivity contribution in [2.45, 2.75) is 0 Å². The summed E-state index contributed by atoms with van der Waals surface area (Å²) in [6.45, 7) is 4.32. The minimum atomic E-state index is -0.179. The molecule has 2 saturated heterocycles. The topological polar surface area (TPSA) is 62.2 Å². The van der Waals surface area contributed by atoms with Gasteiger partial charge in [0.1, 0.15) is 0 Å². The Balaban J connectivity index is 1.42. The molecule has 3 aliphatic rings. The second-order valence-electron chi connectivity index (χ2n) is 6.44. The van der Waals surface area contributed by atoms with Crippen molar-refractivity contribution in [3.05, 3.63) is 40.3 Å². The van der Waals surface area contributed by atoms with Crippen LogP contribution in [0.5, 0.6) is 0 Å². The molecule has 142 valence electrons. The first-order chi connectivity index (χ1) is 13.2. The monoisotopic (exact) mass is 403 g/mol. The smallest absolute Gasteiger partial charge is 0.286 e. The number of hydrogen-bond acceptors (Lipinski definition) is 6. The standard InChI is InChI=1S/C19H21N3O3S2/c23-17-16(27-19(20-17)22-7-11-26-12-8-22)13-14-1-3-15(4-2-14)18(24)21-5-9-25-10-6-21/h1-4,13H,5-12H2/b16-13-. The molecule has 0 saturated carbocycles. The van der Waals surface area contributed by atoms with Crippen LogP contribution in [-0.2, 0) is 9.53 Å². The number of nitrogens with zero attached hydrogens (tertiary/aromatic N) is 3. The molecule has 0 atom stereocenters. The summed E-state index contributed by atoms with van der Waals surface area (Å²) in [6, 6.07) is 7.39. The number of carbonyl (C=O) groups is 2. The van der Waals surface area contributed by atoms with Gasteiger partial charge in [0.2, 0.25) is 0 Å². The lowest BCUT2D eigenvalue weighted by molar-refractivity contribution is -0.113. The van der Waals surface area contributed by atoms with Crippen molar-refractivity contribution >= 4 is 46.6 Å². The maximum Gasteiger partial charge on any atom is 0.286 e. The van der Waals surface area contributed by atoms with Gasteiger partial charge in [0.15, 0.2) is 5.17 Å². The number of rotatable bonds is 2. The molecular formula is C19H21N3O3S2. The molecule has 2 amide bonds. The highest BCUT2D eigenvalue weighted by Crippen LogP contribution is 2.31. The van der Waals surface area contributed by atoms with Gasteiger partial charge in [0, 0.05) is 43.2 Å². The molecule has 0 bridgehead atoms. The molecule has 4 rings (SSSR count). The Bertz CT molecular complexity index is 780. The van der Waals surface area contributed by atoms with Gasteiger partial charge in [-0.3, -0.25) is 9.59 Å². The Hall–Kier alpha value is -1.77. The first-order valence-corrected chi connectivity index (χ1v) is 11.0. The molecular weight excluding hydrogens is 382 g/mol. The second-order valence-corrected chi connectivity index (χ2v) is 8.67. The van der Waals surface area contributed by atoms with E-state index in [9.17, 15) is 9.59 Å². The zero-order valence-electron chi connectivity index (χ0n) is 14.9. The van der Waals surface area contributed by atoms with Crippen LogP contribution in [-0.4, -0.2) is 77.7 Å². The average Bonchev–Trinajstić information content (AvgIpc) is 3.10. The summed E-state index contributed by atoms with van der Waals surface area (Å²) in [7, 11) is 0. The fourth-order valence-electron chi connectivity index (χ4n) is 3.11. The van der Waals surface area contributed by atoms with Crippen LogP contribution in [0.2, 0.25) is 0 Å². The normalized spacial score (nSPS) is 22.3. The molecule has 3 heterocycles. The van der Waals surface area contributed by atoms with E-state index in [2.05, 4.69) is 9.89 Å². The molecule has 27 heavy (non-hydrogen) atoms. The zero-order chi connectivity index (χ0) is 18.6. The van der Waals surface area contributed by atoms with Gasteiger partial charge in [-0.2, -0.15) is 16.8 Å². The lowest BCUT2D eigenvalue weighted by Crippen LogP contribution is -2.40. The largest absolute Gasteiger partial charge is 0.378 e. The Morgan fingerprint density at radius 2 is 1.78 bits per heavy atom. The number of amidine groups is 1. The molecule has 2 fully saturated rings. The van der Waals surface area contributed by atoms with E-state index in [4.69, 9.17) is 4.74 Å². The summed E-state index contributed by atoms with van der Waals surface area (Å²) in [4.78, 5) is 33.6. The molecule has 0 aliphatic carbocycles. The van der Waals surface area contributed by atoms with E-state index in [1.54, 1.807) is 0 Å². The van der Waals surface area contributed by atoms with Crippen molar-refractivity contribution in [1.82, 2.24) is 9.80 Å². The molecule has 0 spiro atoms. The van der Waals surface area contributed by atoms with Gasteiger partial charge in [-0.05, 0) is 35.5 Å². The van der Waals surface area contributed by atoms with Gasteiger partial charge in [-0.15, -0.1) is 0 Å². The number of amides is 2. The van der Waals surface area contributed by atoms with Crippen LogP contribution in [0.25, 0.3) is 6.08 Å². The van der Waals surface area contributed by atoms with Crippen LogP contribution in [0, 0.1) is 0 Å². The van der Waals surface area contributed by atoms with Gasteiger partial charge in [-0.1, -0.05) is 12.1 Å². The summed E-state index contributed by atoms with van der Waals surface area (Å²) < 4.78 is 5.29. The van der Waals surface area contributed by atoms with Gasteiger partial charge in [0.25, 0.3) is 11.8 Å². The number of hydrogen-bond donors (Lipinski definition) is 0. The van der Waals surface area contributed by atoms with Crippen LogP contribution in [0.15, 0.2) is 34.2 Å². The second kappa shape index (κ2) is 8.50. The fraction of sp³-hybridized carbons (Fsp3) is 0.421. The van der Waals surface area contributed by atoms with Crippen LogP contribution >= 0.6 is 23.5 Å². The molecule has 3 aliphatic heterocycles. The van der Waals surface area contributed by atoms with Gasteiger partial charge < -0.3 is 14.5 Å². The van der Waals surface area contributed by atoms with Crippen molar-refractivity contribution < 1.29 is 14.3 Å². The minimum Gasteiger partial charge on any atom is -0.378 e. The van der Waals surface area contributed by atoms with E-state index >= 15 is 0 Å². The third-order valence-electron chi connectivity index (χ3n) is 4.64. The molecule has 0 unspecified atom stereocenters. The number of ether oxygens (including phenoxy) is 1. The highest BCUT2D eigenvalue weighted by molar-refractivity contribution is 8.18. The third-order valence-corrected chi connectivity index (χ3v) is 6.63. The Morgan fingerprint density at radius 1 is 1.07 bits per heavy atom. The zero-order valence-corrected chi connectivity index (χ0v) is 16.6. The van der Waals surface area contributed by atoms with Crippen molar-refractivity contribution in [2.24, 2.45) is 4.99 Å². The van der Waals surface area contributed by atoms with Gasteiger partial charge in [-0.25, -0.2) is 0 Å². The predicted molar refractivity (Wildman–Crippen MR) is 110 cm³/mol. The number of aliphatic imine (C=N–C) groups is 1. The molecule has 0 radical (unpaired) electrons. The molecule has 1 aromatic carbocycles. The van der Waals surface area contributed by atoms with Crippen LogP contribution in [0.1, 0.15) is 15.9 Å². The van der Waals surface area contributed by atoms with E-state index in [1.165, 1.54) is 11.8 Å². The van der Waals surface area contributed by atoms with Crippen molar-refractivity contribution in [2.75, 3.05) is 50.9 Å². The highest BCUT2D eigenvalue weighted by Gasteiger charge is 2.27. The van der Waals surface area contributed by atoms with E-state index < -0.39 is 0 Å². The first-order valence-electron chi connectivity index (χ1n) is 9.03. The average molecular weight is 404 g/mol. The van der Waals surface area contributed by atoms with Crippen molar-refractivity contribution in [3.8, 4) is 0 Å². The maximum atomic E-state index is 12.5. The quantitative estimate of drug-likeness (QED) is 0.706. The lowest BCUT2D eigenvalue weighted by atomic mass is 10.1. The summed E-state index contributed by atoms with van der Waals surface area (Å²) in [5, 5.41) is 0.811. The molecule has 8 heteroatoms. The Kier molecular flexibility index (Phi) is 5.85. The summed E-state index contributed by atoms with van der Waals surface area (Å²) in [5.41, 5.74) is 1.56. The van der Waals surface area contributed by atoms with E-state index in [0.29, 0.717) is 36.8 Å². The number of carbonyl (C=O) groups excluding carboxylic acids is 2. The summed E-state index contributed by atoms with van der Waals surface area (Å²) in [5.74, 6) is 2.00. The minimum absolute atomic E-state index is 0.0254. The van der Waals surface area contributed by atoms with Crippen molar-refractivity contribution in [3.63, 3.8) is 0 Å². The van der Waals surface area contributed by atoms with E-state index in [-0.39, 0.29) is 11.8 Å². The fourth-order valence-corrected chi connectivity index (χ4v) is 4.98. The predicted octanol–water partition coefficient (Wildman–Crippen LogP) is 2.18. The molecule has 6 nitrogen and oxygen atoms in total. The highest BCUT2D eigenvalue weighted by atomic mass is 32.2. The lowest BCUT2D eigenvalue weighted by Gasteiger charge is -2.27. The summed E-state index contributed by atoms with van der Waals surface area (Å²) >= 11 is 3.37. The SMILES string of the molecule is O=C1N=C(N2CCSCC2)S/C1=C\c1ccc(C(=O)N2CCOCC2)cc1. The van der Waals surface area contributed by atoms with Crippen LogP contribution in [0.4, 0.5) is 0 Å². The number of thioether (sulfide) groups is 2. The van der Waals surface area contributed by atoms with Gasteiger partial charge in [0.05, 0.1) is 18.1 Å². The summed E-state index contributed by atoms with van der Waals surface area (Å²) in [6.07, 6.45) is 1.85. The maximum absolute atomic E-state index is 12.5. The van der Waals surface area contributed by atoms with E-state index in [0.717, 1.165) is 35.3 Å². The van der Waals surface area contributed by atoms with Gasteiger partial charge >= 0.3 is 0 Å². The van der Waals surface area contributed by atoms with Crippen LogP contribution < -0.4 is 0 Å².